The van der Waals surface area contributed by atoms with Gasteiger partial charge in [0, 0.05) is 31.5 Å². The number of urea groups is 1. The first-order valence-corrected chi connectivity index (χ1v) is 9.66. The van der Waals surface area contributed by atoms with E-state index in [9.17, 15) is 4.79 Å². The normalized spacial score (nSPS) is 17.2. The smallest absolute Gasteiger partial charge is 0.315 e. The molecule has 0 spiro atoms. The van der Waals surface area contributed by atoms with E-state index in [-0.39, 0.29) is 6.04 Å². The lowest BCUT2D eigenvalue weighted by atomic mass is 9.99. The Labute approximate surface area is 164 Å². The quantitative estimate of drug-likeness (QED) is 0.663. The second-order valence-electron chi connectivity index (χ2n) is 6.55. The van der Waals surface area contributed by atoms with Gasteiger partial charge in [-0.2, -0.15) is 9.61 Å². The van der Waals surface area contributed by atoms with Crippen LogP contribution in [0.25, 0.3) is 5.65 Å². The van der Waals surface area contributed by atoms with E-state index < -0.39 is 6.03 Å². The average Bonchev–Trinajstić information content (AvgIpc) is 3.08. The molecule has 9 heteroatoms. The Morgan fingerprint density at radius 3 is 3.04 bits per heavy atom. The fourth-order valence-electron chi connectivity index (χ4n) is 3.45. The molecule has 1 atom stereocenters. The number of nitrogens with zero attached hydrogens (tertiary/aromatic N) is 5. The highest BCUT2D eigenvalue weighted by molar-refractivity contribution is 9.10. The third kappa shape index (κ3) is 3.59. The summed E-state index contributed by atoms with van der Waals surface area (Å²) in [6, 6.07) is 5.34. The van der Waals surface area contributed by atoms with Crippen LogP contribution < -0.4 is 11.1 Å². The number of rotatable bonds is 4. The fourth-order valence-corrected chi connectivity index (χ4v) is 3.80. The van der Waals surface area contributed by atoms with Crippen LogP contribution in [0.1, 0.15) is 36.6 Å². The Morgan fingerprint density at radius 2 is 2.26 bits per heavy atom. The van der Waals surface area contributed by atoms with E-state index in [2.05, 4.69) is 31.3 Å². The Morgan fingerprint density at radius 1 is 1.37 bits per heavy atom. The van der Waals surface area contributed by atoms with Crippen LogP contribution in [0.5, 0.6) is 0 Å². The van der Waals surface area contributed by atoms with Crippen molar-refractivity contribution in [2.45, 2.75) is 31.8 Å². The van der Waals surface area contributed by atoms with E-state index in [1.165, 1.54) is 0 Å². The molecule has 140 valence electrons. The van der Waals surface area contributed by atoms with E-state index in [1.807, 2.05) is 24.4 Å². The standard InChI is InChI=1S/C18H20BrN7O/c19-13-11-23-26-16(22-10-12-4-3-6-21-9-12)8-14(24-17(13)26)15-5-1-2-7-25(15)18(20)27/h3-4,6,8-9,11,15,22H,1-2,5,7,10H2,(H2,20,27). The molecule has 0 aliphatic carbocycles. The van der Waals surface area contributed by atoms with Crippen LogP contribution in [0.4, 0.5) is 10.6 Å². The van der Waals surface area contributed by atoms with Crippen molar-refractivity contribution in [3.05, 3.63) is 52.5 Å². The lowest BCUT2D eigenvalue weighted by Crippen LogP contribution is -2.42. The summed E-state index contributed by atoms with van der Waals surface area (Å²) >= 11 is 3.51. The number of aromatic nitrogens is 4. The average molecular weight is 430 g/mol. The number of likely N-dealkylation sites (tertiary alicyclic amines) is 1. The Kier molecular flexibility index (Phi) is 4.93. The molecule has 1 aliphatic rings. The molecular formula is C18H20BrN7O. The van der Waals surface area contributed by atoms with Crippen LogP contribution in [-0.4, -0.2) is 37.1 Å². The zero-order chi connectivity index (χ0) is 18.8. The van der Waals surface area contributed by atoms with Gasteiger partial charge in [0.15, 0.2) is 5.65 Å². The van der Waals surface area contributed by atoms with Gasteiger partial charge >= 0.3 is 6.03 Å². The summed E-state index contributed by atoms with van der Waals surface area (Å²) in [7, 11) is 0. The molecule has 3 aromatic heterocycles. The number of pyridine rings is 1. The molecule has 0 saturated carbocycles. The summed E-state index contributed by atoms with van der Waals surface area (Å²) in [5.74, 6) is 0.805. The molecule has 3 N–H and O–H groups in total. The van der Waals surface area contributed by atoms with Gasteiger partial charge in [0.05, 0.1) is 22.4 Å². The molecular weight excluding hydrogens is 410 g/mol. The first-order chi connectivity index (χ1) is 13.1. The molecule has 4 heterocycles. The van der Waals surface area contributed by atoms with Gasteiger partial charge in [0.1, 0.15) is 5.82 Å². The Hall–Kier alpha value is -2.68. The summed E-state index contributed by atoms with van der Waals surface area (Å²) < 4.78 is 2.55. The predicted octanol–water partition coefficient (Wildman–Crippen LogP) is 3.10. The fraction of sp³-hybridized carbons (Fsp3) is 0.333. The summed E-state index contributed by atoms with van der Waals surface area (Å²) in [6.07, 6.45) is 8.14. The van der Waals surface area contributed by atoms with Crippen molar-refractivity contribution < 1.29 is 4.79 Å². The predicted molar refractivity (Wildman–Crippen MR) is 105 cm³/mol. The van der Waals surface area contributed by atoms with E-state index >= 15 is 0 Å². The summed E-state index contributed by atoms with van der Waals surface area (Å²) in [6.45, 7) is 1.26. The highest BCUT2D eigenvalue weighted by Gasteiger charge is 2.28. The molecule has 0 radical (unpaired) electrons. The van der Waals surface area contributed by atoms with E-state index in [1.54, 1.807) is 21.8 Å². The molecule has 1 saturated heterocycles. The molecule has 27 heavy (non-hydrogen) atoms. The number of anilines is 1. The number of piperidine rings is 1. The third-order valence-electron chi connectivity index (χ3n) is 4.77. The van der Waals surface area contributed by atoms with Crippen molar-refractivity contribution in [2.24, 2.45) is 5.73 Å². The van der Waals surface area contributed by atoms with Crippen LogP contribution in [0, 0.1) is 0 Å². The molecule has 0 bridgehead atoms. The van der Waals surface area contributed by atoms with Crippen molar-refractivity contribution in [2.75, 3.05) is 11.9 Å². The number of hydrogen-bond acceptors (Lipinski definition) is 5. The lowest BCUT2D eigenvalue weighted by Gasteiger charge is -2.34. The first-order valence-electron chi connectivity index (χ1n) is 8.86. The molecule has 2 amide bonds. The van der Waals surface area contributed by atoms with Gasteiger partial charge in [0.2, 0.25) is 0 Å². The number of carbonyl (C=O) groups is 1. The molecule has 0 aromatic carbocycles. The van der Waals surface area contributed by atoms with E-state index in [4.69, 9.17) is 10.7 Å². The number of halogens is 1. The third-order valence-corrected chi connectivity index (χ3v) is 5.33. The van der Waals surface area contributed by atoms with Crippen molar-refractivity contribution in [3.8, 4) is 0 Å². The molecule has 1 fully saturated rings. The topological polar surface area (TPSA) is 101 Å². The van der Waals surface area contributed by atoms with Gasteiger partial charge in [-0.3, -0.25) is 4.98 Å². The number of fused-ring (bicyclic) bond motifs is 1. The second-order valence-corrected chi connectivity index (χ2v) is 7.41. The number of primary amides is 1. The van der Waals surface area contributed by atoms with Gasteiger partial charge in [-0.05, 0) is 46.8 Å². The zero-order valence-corrected chi connectivity index (χ0v) is 16.3. The van der Waals surface area contributed by atoms with Crippen molar-refractivity contribution >= 4 is 33.4 Å². The van der Waals surface area contributed by atoms with Crippen LogP contribution in [0.15, 0.2) is 41.3 Å². The maximum Gasteiger partial charge on any atom is 0.315 e. The molecule has 4 rings (SSSR count). The van der Waals surface area contributed by atoms with Crippen LogP contribution in [-0.2, 0) is 6.54 Å². The van der Waals surface area contributed by atoms with Crippen LogP contribution in [0.3, 0.4) is 0 Å². The summed E-state index contributed by atoms with van der Waals surface area (Å²) in [4.78, 5) is 22.5. The Bertz CT molecular complexity index is 959. The minimum atomic E-state index is -0.404. The first kappa shape index (κ1) is 17.7. The van der Waals surface area contributed by atoms with E-state index in [0.717, 1.165) is 40.8 Å². The van der Waals surface area contributed by atoms with Gasteiger partial charge in [-0.1, -0.05) is 6.07 Å². The molecule has 1 unspecified atom stereocenters. The maximum absolute atomic E-state index is 11.9. The minimum absolute atomic E-state index is 0.123. The molecule has 8 nitrogen and oxygen atoms in total. The van der Waals surface area contributed by atoms with Gasteiger partial charge < -0.3 is 16.0 Å². The van der Waals surface area contributed by atoms with E-state index in [0.29, 0.717) is 18.7 Å². The van der Waals surface area contributed by atoms with Gasteiger partial charge in [-0.25, -0.2) is 9.78 Å². The Balaban J connectivity index is 1.71. The number of carbonyl (C=O) groups excluding carboxylic acids is 1. The molecule has 1 aliphatic heterocycles. The van der Waals surface area contributed by atoms with Crippen molar-refractivity contribution in [1.29, 1.82) is 0 Å². The number of nitrogens with one attached hydrogen (secondary N) is 1. The summed E-state index contributed by atoms with van der Waals surface area (Å²) in [5.41, 5.74) is 8.18. The maximum atomic E-state index is 11.9. The largest absolute Gasteiger partial charge is 0.366 e. The van der Waals surface area contributed by atoms with Gasteiger partial charge in [0.25, 0.3) is 0 Å². The highest BCUT2D eigenvalue weighted by atomic mass is 79.9. The summed E-state index contributed by atoms with van der Waals surface area (Å²) in [5, 5.41) is 7.80. The number of hydrogen-bond donors (Lipinski definition) is 2. The number of nitrogens with two attached hydrogens (primary N) is 1. The highest BCUT2D eigenvalue weighted by Crippen LogP contribution is 2.32. The van der Waals surface area contributed by atoms with Crippen molar-refractivity contribution in [3.63, 3.8) is 0 Å². The zero-order valence-electron chi connectivity index (χ0n) is 14.7. The van der Waals surface area contributed by atoms with Crippen molar-refractivity contribution in [1.82, 2.24) is 24.5 Å². The SMILES string of the molecule is NC(=O)N1CCCCC1c1cc(NCc2cccnc2)n2ncc(Br)c2n1. The number of amides is 2. The van der Waals surface area contributed by atoms with Gasteiger partial charge in [-0.15, -0.1) is 0 Å². The second kappa shape index (κ2) is 7.51. The van der Waals surface area contributed by atoms with Crippen LogP contribution >= 0.6 is 15.9 Å². The minimum Gasteiger partial charge on any atom is -0.366 e. The lowest BCUT2D eigenvalue weighted by molar-refractivity contribution is 0.158. The van der Waals surface area contributed by atoms with Crippen LogP contribution in [0.2, 0.25) is 0 Å². The monoisotopic (exact) mass is 429 g/mol. The molecule has 3 aromatic rings.